The maximum absolute atomic E-state index is 8.51. The lowest BCUT2D eigenvalue weighted by molar-refractivity contribution is 0.469. The van der Waals surface area contributed by atoms with Crippen molar-refractivity contribution >= 4 is 0 Å². The van der Waals surface area contributed by atoms with Gasteiger partial charge in [0.1, 0.15) is 0 Å². The quantitative estimate of drug-likeness (QED) is 0.215. The van der Waals surface area contributed by atoms with Gasteiger partial charge in [-0.15, -0.1) is 0 Å². The average molecular weight is 297 g/mol. The van der Waals surface area contributed by atoms with Crippen LogP contribution in [0.1, 0.15) is 116 Å². The molecule has 0 aromatic carbocycles. The minimum atomic E-state index is 1.04. The zero-order valence-corrected chi connectivity index (χ0v) is 14.6. The molecule has 126 valence electrons. The van der Waals surface area contributed by atoms with Crippen molar-refractivity contribution in [2.75, 3.05) is 0 Å². The van der Waals surface area contributed by atoms with Gasteiger partial charge in [-0.1, -0.05) is 109 Å². The number of hydrogen-bond donors (Lipinski definition) is 1. The Bertz CT molecular complexity index is 198. The lowest BCUT2D eigenvalue weighted by Gasteiger charge is -2.03. The van der Waals surface area contributed by atoms with Crippen molar-refractivity contribution in [3.05, 3.63) is 12.3 Å². The highest BCUT2D eigenvalue weighted by atomic mass is 16.2. The maximum atomic E-state index is 8.51. The van der Waals surface area contributed by atoms with E-state index in [2.05, 4.69) is 6.92 Å². The summed E-state index contributed by atoms with van der Waals surface area (Å²) in [6.45, 7) is 2.29. The van der Waals surface area contributed by atoms with Crippen LogP contribution in [0, 0.1) is 0 Å². The number of aliphatic hydroxyl groups excluding tert-OH is 1. The molecule has 0 rings (SSSR count). The van der Waals surface area contributed by atoms with E-state index in [1.807, 2.05) is 6.08 Å². The summed E-state index contributed by atoms with van der Waals surface area (Å²) in [5.74, 6) is 0. The van der Waals surface area contributed by atoms with Gasteiger partial charge in [0.15, 0.2) is 0 Å². The summed E-state index contributed by atoms with van der Waals surface area (Å²) < 4.78 is 0. The number of rotatable bonds is 17. The van der Waals surface area contributed by atoms with Crippen LogP contribution in [0.4, 0.5) is 0 Å². The monoisotopic (exact) mass is 296 g/mol. The molecule has 0 unspecified atom stereocenters. The lowest BCUT2D eigenvalue weighted by Crippen LogP contribution is -1.83. The molecule has 0 radical (unpaired) electrons. The molecule has 1 nitrogen and oxygen atoms in total. The van der Waals surface area contributed by atoms with E-state index in [9.17, 15) is 0 Å². The van der Waals surface area contributed by atoms with Crippen molar-refractivity contribution in [3.8, 4) is 0 Å². The van der Waals surface area contributed by atoms with Gasteiger partial charge < -0.3 is 5.11 Å². The Labute approximate surface area is 134 Å². The summed E-state index contributed by atoms with van der Waals surface area (Å²) in [5.41, 5.74) is 0. The standard InChI is InChI=1S/C20H40O/c1-2-3-4-5-6-7-8-9-10-11-12-13-14-15-16-17-18-19-20-21/h19-21H,2-18H2,1H3/b20-19+. The molecule has 1 heteroatoms. The van der Waals surface area contributed by atoms with E-state index >= 15 is 0 Å². The van der Waals surface area contributed by atoms with Gasteiger partial charge in [0, 0.05) is 0 Å². The fourth-order valence-corrected chi connectivity index (χ4v) is 2.88. The molecule has 0 heterocycles. The summed E-state index contributed by atoms with van der Waals surface area (Å²) >= 11 is 0. The first-order valence-corrected chi connectivity index (χ1v) is 9.71. The third-order valence-electron chi connectivity index (χ3n) is 4.33. The van der Waals surface area contributed by atoms with E-state index in [1.54, 1.807) is 0 Å². The van der Waals surface area contributed by atoms with Gasteiger partial charge in [-0.05, 0) is 12.8 Å². The van der Waals surface area contributed by atoms with Gasteiger partial charge in [0.25, 0.3) is 0 Å². The van der Waals surface area contributed by atoms with Crippen LogP contribution in [0.25, 0.3) is 0 Å². The Morgan fingerprint density at radius 3 is 1.19 bits per heavy atom. The van der Waals surface area contributed by atoms with Crippen molar-refractivity contribution in [3.63, 3.8) is 0 Å². The Morgan fingerprint density at radius 1 is 0.524 bits per heavy atom. The summed E-state index contributed by atoms with van der Waals surface area (Å²) in [6, 6.07) is 0. The molecule has 0 aromatic heterocycles. The molecule has 1 N–H and O–H groups in total. The van der Waals surface area contributed by atoms with Crippen molar-refractivity contribution in [2.24, 2.45) is 0 Å². The summed E-state index contributed by atoms with van der Waals surface area (Å²) in [7, 11) is 0. The summed E-state index contributed by atoms with van der Waals surface area (Å²) in [5, 5.41) is 8.51. The average Bonchev–Trinajstić information content (AvgIpc) is 2.50. The van der Waals surface area contributed by atoms with Gasteiger partial charge in [0.2, 0.25) is 0 Å². The van der Waals surface area contributed by atoms with E-state index < -0.39 is 0 Å². The number of aliphatic hydroxyl groups is 1. The third-order valence-corrected chi connectivity index (χ3v) is 4.33. The van der Waals surface area contributed by atoms with Crippen LogP contribution in [-0.4, -0.2) is 5.11 Å². The normalized spacial score (nSPS) is 11.5. The largest absolute Gasteiger partial charge is 0.516 e. The Kier molecular flexibility index (Phi) is 19.1. The molecule has 0 aliphatic carbocycles. The van der Waals surface area contributed by atoms with Gasteiger partial charge >= 0.3 is 0 Å². The fourth-order valence-electron chi connectivity index (χ4n) is 2.88. The number of allylic oxidation sites excluding steroid dienone is 1. The second kappa shape index (κ2) is 19.5. The zero-order chi connectivity index (χ0) is 15.4. The molecule has 0 aliphatic heterocycles. The molecule has 0 amide bonds. The SMILES string of the molecule is CCCCCCCCCCCCCCCCCC/C=C/O. The van der Waals surface area contributed by atoms with Crippen molar-refractivity contribution in [1.82, 2.24) is 0 Å². The van der Waals surface area contributed by atoms with Gasteiger partial charge in [-0.3, -0.25) is 0 Å². The third kappa shape index (κ3) is 19.5. The van der Waals surface area contributed by atoms with Crippen LogP contribution >= 0.6 is 0 Å². The van der Waals surface area contributed by atoms with E-state index in [0.717, 1.165) is 6.42 Å². The molecule has 0 aromatic rings. The minimum absolute atomic E-state index is 1.04. The van der Waals surface area contributed by atoms with Gasteiger partial charge in [-0.25, -0.2) is 0 Å². The smallest absolute Gasteiger partial charge is 0.0751 e. The Balaban J connectivity index is 2.93. The van der Waals surface area contributed by atoms with Crippen LogP contribution in [0.15, 0.2) is 12.3 Å². The van der Waals surface area contributed by atoms with Gasteiger partial charge in [-0.2, -0.15) is 0 Å². The van der Waals surface area contributed by atoms with Crippen LogP contribution in [0.2, 0.25) is 0 Å². The van der Waals surface area contributed by atoms with Gasteiger partial charge in [0.05, 0.1) is 6.26 Å². The van der Waals surface area contributed by atoms with Crippen LogP contribution in [0.5, 0.6) is 0 Å². The van der Waals surface area contributed by atoms with E-state index in [0.29, 0.717) is 0 Å². The van der Waals surface area contributed by atoms with Crippen LogP contribution in [0.3, 0.4) is 0 Å². The molecule has 0 fully saturated rings. The highest BCUT2D eigenvalue weighted by molar-refractivity contribution is 4.70. The molecular weight excluding hydrogens is 256 g/mol. The molecule has 0 spiro atoms. The van der Waals surface area contributed by atoms with Crippen LogP contribution in [-0.2, 0) is 0 Å². The Hall–Kier alpha value is -0.460. The molecule has 21 heavy (non-hydrogen) atoms. The van der Waals surface area contributed by atoms with Crippen molar-refractivity contribution < 1.29 is 5.11 Å². The first-order valence-electron chi connectivity index (χ1n) is 9.71. The number of hydrogen-bond acceptors (Lipinski definition) is 1. The molecule has 0 saturated carbocycles. The Morgan fingerprint density at radius 2 is 0.857 bits per heavy atom. The fraction of sp³-hybridized carbons (Fsp3) is 0.900. The van der Waals surface area contributed by atoms with E-state index in [-0.39, 0.29) is 0 Å². The summed E-state index contributed by atoms with van der Waals surface area (Å²) in [6.07, 6.45) is 26.7. The first-order chi connectivity index (χ1) is 10.4. The van der Waals surface area contributed by atoms with Crippen molar-refractivity contribution in [2.45, 2.75) is 116 Å². The molecule has 0 atom stereocenters. The highest BCUT2D eigenvalue weighted by Gasteiger charge is 1.94. The topological polar surface area (TPSA) is 20.2 Å². The molecule has 0 saturated heterocycles. The molecular formula is C20H40O. The predicted molar refractivity (Wildman–Crippen MR) is 95.9 cm³/mol. The van der Waals surface area contributed by atoms with Crippen LogP contribution < -0.4 is 0 Å². The molecule has 0 bridgehead atoms. The van der Waals surface area contributed by atoms with E-state index in [1.165, 1.54) is 109 Å². The number of unbranched alkanes of at least 4 members (excludes halogenated alkanes) is 16. The predicted octanol–water partition coefficient (Wildman–Crippen LogP) is 7.71. The van der Waals surface area contributed by atoms with E-state index in [4.69, 9.17) is 5.11 Å². The maximum Gasteiger partial charge on any atom is 0.0751 e. The summed E-state index contributed by atoms with van der Waals surface area (Å²) in [4.78, 5) is 0. The second-order valence-corrected chi connectivity index (χ2v) is 6.48. The lowest BCUT2D eigenvalue weighted by atomic mass is 10.0. The first kappa shape index (κ1) is 20.5. The zero-order valence-electron chi connectivity index (χ0n) is 14.6. The molecule has 0 aliphatic rings. The minimum Gasteiger partial charge on any atom is -0.516 e. The van der Waals surface area contributed by atoms with Crippen molar-refractivity contribution in [1.29, 1.82) is 0 Å². The second-order valence-electron chi connectivity index (χ2n) is 6.48. The highest BCUT2D eigenvalue weighted by Crippen LogP contribution is 2.13.